The molecule has 3 rings (SSSR count). The molecule has 2 heterocycles. The maximum Gasteiger partial charge on any atom is 0.241 e. The summed E-state index contributed by atoms with van der Waals surface area (Å²) < 4.78 is 26.9. The van der Waals surface area contributed by atoms with E-state index < -0.39 is 16.1 Å². The van der Waals surface area contributed by atoms with Crippen LogP contribution in [-0.4, -0.2) is 38.4 Å². The van der Waals surface area contributed by atoms with Crippen LogP contribution >= 0.6 is 0 Å². The van der Waals surface area contributed by atoms with Crippen molar-refractivity contribution in [3.8, 4) is 0 Å². The van der Waals surface area contributed by atoms with E-state index in [2.05, 4.69) is 20.3 Å². The number of anilines is 1. The van der Waals surface area contributed by atoms with E-state index >= 15 is 0 Å². The Bertz CT molecular complexity index is 883. The monoisotopic (exact) mass is 360 g/mol. The summed E-state index contributed by atoms with van der Waals surface area (Å²) in [5, 5.41) is 5.89. The summed E-state index contributed by atoms with van der Waals surface area (Å²) in [6.07, 6.45) is 2.04. The maximum absolute atomic E-state index is 12.3. The van der Waals surface area contributed by atoms with Crippen molar-refractivity contribution in [1.82, 2.24) is 15.0 Å². The molecule has 1 amide bonds. The van der Waals surface area contributed by atoms with Crippen LogP contribution < -0.4 is 15.4 Å². The number of fused-ring (bicyclic) bond motifs is 1. The number of pyridine rings is 1. The predicted molar refractivity (Wildman–Crippen MR) is 94.7 cm³/mol. The topological polar surface area (TPSA) is 100 Å². The molecule has 0 unspecified atom stereocenters. The Morgan fingerprint density at radius 2 is 2.04 bits per heavy atom. The first-order valence-corrected chi connectivity index (χ1v) is 9.49. The van der Waals surface area contributed by atoms with Gasteiger partial charge >= 0.3 is 0 Å². The largest absolute Gasteiger partial charge is 0.368 e. The average molecular weight is 360 g/mol. The number of sulfonamides is 1. The quantitative estimate of drug-likeness (QED) is 0.686. The highest BCUT2D eigenvalue weighted by Gasteiger charge is 2.32. The van der Waals surface area contributed by atoms with Crippen molar-refractivity contribution >= 4 is 21.7 Å². The molecule has 8 heteroatoms. The minimum atomic E-state index is -3.65. The summed E-state index contributed by atoms with van der Waals surface area (Å²) in [6, 6.07) is 9.73. The summed E-state index contributed by atoms with van der Waals surface area (Å²) in [5.74, 6) is 0.432. The maximum atomic E-state index is 12.3. The van der Waals surface area contributed by atoms with E-state index in [0.29, 0.717) is 25.1 Å². The third-order valence-corrected chi connectivity index (χ3v) is 5.60. The minimum absolute atomic E-state index is 0.242. The second-order valence-electron chi connectivity index (χ2n) is 5.87. The van der Waals surface area contributed by atoms with Gasteiger partial charge in [0.1, 0.15) is 11.9 Å². The van der Waals surface area contributed by atoms with Gasteiger partial charge in [0.25, 0.3) is 0 Å². The molecule has 0 spiro atoms. The fraction of sp³-hybridized carbons (Fsp3) is 0.294. The number of aromatic nitrogens is 1. The Morgan fingerprint density at radius 3 is 2.84 bits per heavy atom. The highest BCUT2D eigenvalue weighted by molar-refractivity contribution is 7.89. The number of aryl methyl sites for hydroxylation is 1. The third kappa shape index (κ3) is 3.97. The van der Waals surface area contributed by atoms with Crippen molar-refractivity contribution in [2.45, 2.75) is 24.3 Å². The Kier molecular flexibility index (Phi) is 5.00. The Balaban J connectivity index is 1.55. The summed E-state index contributed by atoms with van der Waals surface area (Å²) in [4.78, 5) is 16.7. The number of nitrogens with one attached hydrogen (secondary N) is 3. The number of nitrogens with zero attached hydrogens (tertiary/aromatic N) is 1. The lowest BCUT2D eigenvalue weighted by Gasteiger charge is -2.25. The van der Waals surface area contributed by atoms with Gasteiger partial charge in [-0.15, -0.1) is 0 Å². The molecule has 25 heavy (non-hydrogen) atoms. The van der Waals surface area contributed by atoms with E-state index in [0.717, 1.165) is 11.4 Å². The van der Waals surface area contributed by atoms with Crippen LogP contribution in [0, 0.1) is 6.92 Å². The Morgan fingerprint density at radius 1 is 1.24 bits per heavy atom. The molecule has 132 valence electrons. The highest BCUT2D eigenvalue weighted by atomic mass is 32.2. The predicted octanol–water partition coefficient (Wildman–Crippen LogP) is 0.821. The Hall–Kier alpha value is -2.45. The van der Waals surface area contributed by atoms with Crippen LogP contribution in [0.1, 0.15) is 11.1 Å². The minimum Gasteiger partial charge on any atom is -0.368 e. The van der Waals surface area contributed by atoms with E-state index in [1.54, 1.807) is 30.5 Å². The van der Waals surface area contributed by atoms with E-state index in [1.807, 2.05) is 19.1 Å². The second-order valence-corrected chi connectivity index (χ2v) is 7.55. The van der Waals surface area contributed by atoms with Gasteiger partial charge in [0.2, 0.25) is 15.9 Å². The van der Waals surface area contributed by atoms with Gasteiger partial charge in [-0.1, -0.05) is 24.3 Å². The van der Waals surface area contributed by atoms with Gasteiger partial charge in [0, 0.05) is 19.3 Å². The van der Waals surface area contributed by atoms with Gasteiger partial charge < -0.3 is 10.6 Å². The normalized spacial score (nSPS) is 18.2. The van der Waals surface area contributed by atoms with Gasteiger partial charge in [-0.3, -0.25) is 4.79 Å². The molecule has 0 fully saturated rings. The van der Waals surface area contributed by atoms with Crippen LogP contribution in [0.25, 0.3) is 0 Å². The van der Waals surface area contributed by atoms with E-state index in [9.17, 15) is 13.2 Å². The van der Waals surface area contributed by atoms with Gasteiger partial charge in [-0.2, -0.15) is 4.72 Å². The number of carbonyl (C=O) groups is 1. The van der Waals surface area contributed by atoms with Gasteiger partial charge in [-0.05, 0) is 36.6 Å². The number of benzene rings is 1. The summed E-state index contributed by atoms with van der Waals surface area (Å²) in [6.45, 7) is 2.82. The molecule has 1 aliphatic rings. The molecule has 0 radical (unpaired) electrons. The molecule has 2 aromatic rings. The lowest BCUT2D eigenvalue weighted by atomic mass is 10.1. The number of rotatable bonds is 5. The van der Waals surface area contributed by atoms with Crippen molar-refractivity contribution in [3.63, 3.8) is 0 Å². The first kappa shape index (κ1) is 17.4. The second kappa shape index (κ2) is 7.20. The van der Waals surface area contributed by atoms with Gasteiger partial charge in [0.15, 0.2) is 0 Å². The van der Waals surface area contributed by atoms with Crippen molar-refractivity contribution in [3.05, 3.63) is 53.7 Å². The zero-order chi connectivity index (χ0) is 17.9. The standard InChI is InChI=1S/C17H20N4O3S/c1-12-5-4-8-18-16(12)19-9-10-20-17(22)14-11-13-6-2-3-7-15(13)25(23,24)21-14/h2-8,14,21H,9-11H2,1H3,(H,18,19)(H,20,22)/t14-/m0/s1. The lowest BCUT2D eigenvalue weighted by molar-refractivity contribution is -0.122. The number of hydrogen-bond acceptors (Lipinski definition) is 5. The number of amides is 1. The van der Waals surface area contributed by atoms with Crippen molar-refractivity contribution in [2.24, 2.45) is 0 Å². The van der Waals surface area contributed by atoms with Gasteiger partial charge in [-0.25, -0.2) is 13.4 Å². The van der Waals surface area contributed by atoms with Crippen LogP contribution in [0.5, 0.6) is 0 Å². The van der Waals surface area contributed by atoms with E-state index in [4.69, 9.17) is 0 Å². The van der Waals surface area contributed by atoms with Crippen LogP contribution in [0.15, 0.2) is 47.5 Å². The average Bonchev–Trinajstić information content (AvgIpc) is 2.59. The fourth-order valence-corrected chi connectivity index (χ4v) is 4.20. The van der Waals surface area contributed by atoms with E-state index in [1.165, 1.54) is 0 Å². The zero-order valence-electron chi connectivity index (χ0n) is 13.8. The smallest absolute Gasteiger partial charge is 0.241 e. The van der Waals surface area contributed by atoms with Gasteiger partial charge in [0.05, 0.1) is 4.90 Å². The SMILES string of the molecule is Cc1cccnc1NCCNC(=O)[C@@H]1Cc2ccccc2S(=O)(=O)N1. The summed E-state index contributed by atoms with van der Waals surface area (Å²) >= 11 is 0. The molecule has 0 saturated carbocycles. The molecule has 3 N–H and O–H groups in total. The van der Waals surface area contributed by atoms with Crippen LogP contribution in [-0.2, 0) is 21.2 Å². The summed E-state index contributed by atoms with van der Waals surface area (Å²) in [5.41, 5.74) is 1.68. The van der Waals surface area contributed by atoms with Crippen molar-refractivity contribution in [2.75, 3.05) is 18.4 Å². The zero-order valence-corrected chi connectivity index (χ0v) is 14.6. The third-order valence-electron chi connectivity index (χ3n) is 4.03. The Labute approximate surface area is 146 Å². The molecule has 1 atom stereocenters. The van der Waals surface area contributed by atoms with Crippen LogP contribution in [0.3, 0.4) is 0 Å². The molecule has 1 aliphatic heterocycles. The first-order valence-electron chi connectivity index (χ1n) is 8.01. The molecule has 0 aliphatic carbocycles. The molecule has 0 saturated heterocycles. The molecule has 0 bridgehead atoms. The lowest BCUT2D eigenvalue weighted by Crippen LogP contribution is -2.51. The molecular weight excluding hydrogens is 340 g/mol. The van der Waals surface area contributed by atoms with Crippen molar-refractivity contribution in [1.29, 1.82) is 0 Å². The molecular formula is C17H20N4O3S. The summed E-state index contributed by atoms with van der Waals surface area (Å²) in [7, 11) is -3.65. The number of carbonyl (C=O) groups excluding carboxylic acids is 1. The van der Waals surface area contributed by atoms with E-state index in [-0.39, 0.29) is 10.8 Å². The van der Waals surface area contributed by atoms with Crippen molar-refractivity contribution < 1.29 is 13.2 Å². The molecule has 1 aromatic heterocycles. The fourth-order valence-electron chi connectivity index (χ4n) is 2.75. The highest BCUT2D eigenvalue weighted by Crippen LogP contribution is 2.22. The van der Waals surface area contributed by atoms with Crippen LogP contribution in [0.2, 0.25) is 0 Å². The van der Waals surface area contributed by atoms with Crippen LogP contribution in [0.4, 0.5) is 5.82 Å². The molecule has 1 aromatic carbocycles. The number of hydrogen-bond donors (Lipinski definition) is 3. The first-order chi connectivity index (χ1) is 12.0. The molecule has 7 nitrogen and oxygen atoms in total.